The number of rotatable bonds is 8. The third-order valence-corrected chi connectivity index (χ3v) is 4.72. The van der Waals surface area contributed by atoms with Gasteiger partial charge in [-0.1, -0.05) is 12.1 Å². The summed E-state index contributed by atoms with van der Waals surface area (Å²) in [5, 5.41) is 6.35. The van der Waals surface area contributed by atoms with Gasteiger partial charge in [0.1, 0.15) is 0 Å². The number of thioether (sulfide) groups is 1. The van der Waals surface area contributed by atoms with Crippen LogP contribution in [0, 0.1) is 0 Å². The average molecular weight is 338 g/mol. The first kappa shape index (κ1) is 18.3. The van der Waals surface area contributed by atoms with Crippen molar-refractivity contribution in [1.82, 2.24) is 10.6 Å². The van der Waals surface area contributed by atoms with E-state index in [2.05, 4.69) is 34.9 Å². The van der Waals surface area contributed by atoms with Gasteiger partial charge >= 0.3 is 0 Å². The Balaban J connectivity index is 1.77. The Morgan fingerprint density at radius 1 is 1.48 bits per heavy atom. The molecule has 6 heteroatoms. The van der Waals surface area contributed by atoms with Crippen molar-refractivity contribution in [3.05, 3.63) is 29.8 Å². The van der Waals surface area contributed by atoms with Crippen LogP contribution < -0.4 is 10.6 Å². The van der Waals surface area contributed by atoms with Gasteiger partial charge in [-0.15, -0.1) is 11.8 Å². The first-order valence-corrected chi connectivity index (χ1v) is 9.00. The Hall–Kier alpha value is -1.08. The Bertz CT molecular complexity index is 475. The molecule has 2 atom stereocenters. The molecule has 1 amide bonds. The van der Waals surface area contributed by atoms with Gasteiger partial charge in [0.25, 0.3) is 0 Å². The first-order valence-electron chi connectivity index (χ1n) is 8.01. The number of methoxy groups -OCH3 is 1. The summed E-state index contributed by atoms with van der Waals surface area (Å²) in [6.45, 7) is 4.90. The van der Waals surface area contributed by atoms with Crippen LogP contribution in [-0.2, 0) is 14.3 Å². The molecule has 1 fully saturated rings. The van der Waals surface area contributed by atoms with Crippen LogP contribution in [0.3, 0.4) is 0 Å². The third-order valence-electron chi connectivity index (χ3n) is 3.74. The van der Waals surface area contributed by atoms with Crippen molar-refractivity contribution in [2.75, 3.05) is 39.2 Å². The number of morpholine rings is 1. The topological polar surface area (TPSA) is 59.6 Å². The molecule has 1 aliphatic rings. The van der Waals surface area contributed by atoms with Crippen LogP contribution in [0.15, 0.2) is 29.2 Å². The Morgan fingerprint density at radius 2 is 2.26 bits per heavy atom. The fourth-order valence-electron chi connectivity index (χ4n) is 2.45. The lowest BCUT2D eigenvalue weighted by molar-refractivity contribution is -0.122. The van der Waals surface area contributed by atoms with Crippen LogP contribution in [-0.4, -0.2) is 51.2 Å². The van der Waals surface area contributed by atoms with E-state index in [1.54, 1.807) is 18.9 Å². The van der Waals surface area contributed by atoms with Crippen molar-refractivity contribution >= 4 is 17.7 Å². The van der Waals surface area contributed by atoms with E-state index in [1.165, 1.54) is 4.90 Å². The molecule has 0 spiro atoms. The molecule has 1 saturated heterocycles. The molecule has 0 aliphatic carbocycles. The lowest BCUT2D eigenvalue weighted by atomic mass is 10.1. The molecule has 2 N–H and O–H groups in total. The summed E-state index contributed by atoms with van der Waals surface area (Å²) in [5.74, 6) is 0.998. The molecule has 2 unspecified atom stereocenters. The summed E-state index contributed by atoms with van der Waals surface area (Å²) in [6.07, 6.45) is 0.454. The molecule has 1 aromatic rings. The van der Waals surface area contributed by atoms with Crippen LogP contribution in [0.25, 0.3) is 0 Å². The zero-order valence-corrected chi connectivity index (χ0v) is 14.7. The Labute approximate surface area is 142 Å². The monoisotopic (exact) mass is 338 g/mol. The fourth-order valence-corrected chi connectivity index (χ4v) is 3.27. The van der Waals surface area contributed by atoms with E-state index < -0.39 is 0 Å². The SMILES string of the molecule is COCCSc1ccc(C(C)NC(=O)CC2COCCN2)cc1. The highest BCUT2D eigenvalue weighted by Gasteiger charge is 2.18. The van der Waals surface area contributed by atoms with Crippen molar-refractivity contribution in [2.45, 2.75) is 30.3 Å². The van der Waals surface area contributed by atoms with E-state index in [-0.39, 0.29) is 18.0 Å². The standard InChI is InChI=1S/C17H26N2O3S/c1-13(19-17(20)11-15-12-22-8-7-18-15)14-3-5-16(6-4-14)23-10-9-21-2/h3-6,13,15,18H,7-12H2,1-2H3,(H,19,20). The third kappa shape index (κ3) is 6.51. The van der Waals surface area contributed by atoms with Crippen molar-refractivity contribution in [1.29, 1.82) is 0 Å². The van der Waals surface area contributed by atoms with Crippen LogP contribution in [0.5, 0.6) is 0 Å². The van der Waals surface area contributed by atoms with Gasteiger partial charge in [0, 0.05) is 36.8 Å². The summed E-state index contributed by atoms with van der Waals surface area (Å²) in [6, 6.07) is 8.45. The molecule has 0 bridgehead atoms. The second-order valence-corrected chi connectivity index (χ2v) is 6.80. The van der Waals surface area contributed by atoms with Gasteiger partial charge < -0.3 is 20.1 Å². The molecule has 1 aliphatic heterocycles. The second kappa shape index (κ2) is 9.93. The number of amides is 1. The summed E-state index contributed by atoms with van der Waals surface area (Å²) < 4.78 is 10.4. The Kier molecular flexibility index (Phi) is 7.88. The average Bonchev–Trinajstić information content (AvgIpc) is 2.56. The maximum absolute atomic E-state index is 12.1. The quantitative estimate of drug-likeness (QED) is 0.561. The van der Waals surface area contributed by atoms with Crippen molar-refractivity contribution in [2.24, 2.45) is 0 Å². The minimum atomic E-state index is 0.00466. The number of carbonyl (C=O) groups is 1. The molecule has 23 heavy (non-hydrogen) atoms. The molecule has 5 nitrogen and oxygen atoms in total. The van der Waals surface area contributed by atoms with E-state index >= 15 is 0 Å². The molecule has 0 radical (unpaired) electrons. The summed E-state index contributed by atoms with van der Waals surface area (Å²) in [7, 11) is 1.71. The second-order valence-electron chi connectivity index (χ2n) is 5.63. The number of ether oxygens (including phenoxy) is 2. The predicted octanol–water partition coefficient (Wildman–Crippen LogP) is 1.98. The van der Waals surface area contributed by atoms with Crippen molar-refractivity contribution < 1.29 is 14.3 Å². The fraction of sp³-hybridized carbons (Fsp3) is 0.588. The normalized spacial score (nSPS) is 19.3. The van der Waals surface area contributed by atoms with Crippen molar-refractivity contribution in [3.8, 4) is 0 Å². The highest BCUT2D eigenvalue weighted by molar-refractivity contribution is 7.99. The van der Waals surface area contributed by atoms with E-state index in [4.69, 9.17) is 9.47 Å². The highest BCUT2D eigenvalue weighted by Crippen LogP contribution is 2.21. The maximum atomic E-state index is 12.1. The minimum absolute atomic E-state index is 0.00466. The molecule has 1 heterocycles. The van der Waals surface area contributed by atoms with E-state index in [0.717, 1.165) is 31.1 Å². The molecular weight excluding hydrogens is 312 g/mol. The molecule has 2 rings (SSSR count). The van der Waals surface area contributed by atoms with Crippen LogP contribution in [0.2, 0.25) is 0 Å². The molecule has 0 saturated carbocycles. The Morgan fingerprint density at radius 3 is 2.91 bits per heavy atom. The van der Waals surface area contributed by atoms with Gasteiger partial charge in [0.2, 0.25) is 5.91 Å². The maximum Gasteiger partial charge on any atom is 0.222 e. The molecule has 128 valence electrons. The number of hydrogen-bond donors (Lipinski definition) is 2. The minimum Gasteiger partial charge on any atom is -0.384 e. The van der Waals surface area contributed by atoms with Gasteiger partial charge in [-0.3, -0.25) is 4.79 Å². The van der Waals surface area contributed by atoms with E-state index in [1.807, 2.05) is 6.92 Å². The van der Waals surface area contributed by atoms with Gasteiger partial charge in [0.05, 0.1) is 25.9 Å². The zero-order chi connectivity index (χ0) is 16.5. The van der Waals surface area contributed by atoms with Crippen LogP contribution in [0.1, 0.15) is 24.9 Å². The number of hydrogen-bond acceptors (Lipinski definition) is 5. The summed E-state index contributed by atoms with van der Waals surface area (Å²) in [5.41, 5.74) is 1.11. The number of carbonyl (C=O) groups excluding carboxylic acids is 1. The summed E-state index contributed by atoms with van der Waals surface area (Å²) in [4.78, 5) is 13.3. The molecule has 1 aromatic carbocycles. The predicted molar refractivity (Wildman–Crippen MR) is 92.8 cm³/mol. The van der Waals surface area contributed by atoms with E-state index in [9.17, 15) is 4.79 Å². The lowest BCUT2D eigenvalue weighted by Gasteiger charge is -2.24. The van der Waals surface area contributed by atoms with Gasteiger partial charge in [-0.05, 0) is 24.6 Å². The molecule has 0 aromatic heterocycles. The number of benzene rings is 1. The largest absolute Gasteiger partial charge is 0.384 e. The molecular formula is C17H26N2O3S. The van der Waals surface area contributed by atoms with Crippen LogP contribution in [0.4, 0.5) is 0 Å². The lowest BCUT2D eigenvalue weighted by Crippen LogP contribution is -2.44. The smallest absolute Gasteiger partial charge is 0.222 e. The summed E-state index contributed by atoms with van der Waals surface area (Å²) >= 11 is 1.77. The zero-order valence-electron chi connectivity index (χ0n) is 13.8. The highest BCUT2D eigenvalue weighted by atomic mass is 32.2. The van der Waals surface area contributed by atoms with E-state index in [0.29, 0.717) is 13.0 Å². The number of nitrogens with one attached hydrogen (secondary N) is 2. The van der Waals surface area contributed by atoms with Gasteiger partial charge in [-0.25, -0.2) is 0 Å². The van der Waals surface area contributed by atoms with Gasteiger partial charge in [0.15, 0.2) is 0 Å². The first-order chi connectivity index (χ1) is 11.2. The van der Waals surface area contributed by atoms with Gasteiger partial charge in [-0.2, -0.15) is 0 Å². The van der Waals surface area contributed by atoms with Crippen molar-refractivity contribution in [3.63, 3.8) is 0 Å². The van der Waals surface area contributed by atoms with Crippen LogP contribution >= 0.6 is 11.8 Å².